The monoisotopic (exact) mass is 164 g/mol. The van der Waals surface area contributed by atoms with Crippen molar-refractivity contribution >= 4 is 0 Å². The van der Waals surface area contributed by atoms with Gasteiger partial charge in [-0.15, -0.1) is 10.2 Å². The summed E-state index contributed by atoms with van der Waals surface area (Å²) in [5.41, 5.74) is 1.66. The standard InChI is InChI=1S/C7H8N4O/c1-4-3-6(10-8-4)7-11-9-5(2)12-7/h3H,1-2H3,(H,8,10). The number of aryl methyl sites for hydroxylation is 2. The molecule has 0 fully saturated rings. The molecule has 5 nitrogen and oxygen atoms in total. The predicted molar refractivity (Wildman–Crippen MR) is 41.4 cm³/mol. The van der Waals surface area contributed by atoms with E-state index in [4.69, 9.17) is 4.42 Å². The zero-order valence-corrected chi connectivity index (χ0v) is 6.83. The fraction of sp³-hybridized carbons (Fsp3) is 0.286. The third kappa shape index (κ3) is 1.09. The van der Waals surface area contributed by atoms with Crippen LogP contribution >= 0.6 is 0 Å². The number of nitrogens with one attached hydrogen (secondary N) is 1. The van der Waals surface area contributed by atoms with Crippen LogP contribution in [0.25, 0.3) is 11.6 Å². The van der Waals surface area contributed by atoms with Crippen molar-refractivity contribution in [3.63, 3.8) is 0 Å². The third-order valence-electron chi connectivity index (χ3n) is 1.45. The first-order valence-electron chi connectivity index (χ1n) is 3.58. The van der Waals surface area contributed by atoms with E-state index in [9.17, 15) is 0 Å². The predicted octanol–water partition coefficient (Wildman–Crippen LogP) is 1.08. The van der Waals surface area contributed by atoms with Gasteiger partial charge in [0.25, 0.3) is 5.89 Å². The van der Waals surface area contributed by atoms with Gasteiger partial charge in [0.2, 0.25) is 5.89 Å². The molecule has 5 heteroatoms. The maximum Gasteiger partial charge on any atom is 0.268 e. The van der Waals surface area contributed by atoms with Gasteiger partial charge in [-0.2, -0.15) is 5.10 Å². The molecule has 12 heavy (non-hydrogen) atoms. The van der Waals surface area contributed by atoms with Crippen molar-refractivity contribution < 1.29 is 4.42 Å². The zero-order chi connectivity index (χ0) is 8.55. The van der Waals surface area contributed by atoms with E-state index in [-0.39, 0.29) is 0 Å². The number of rotatable bonds is 1. The highest BCUT2D eigenvalue weighted by molar-refractivity contribution is 5.45. The Balaban J connectivity index is 2.43. The summed E-state index contributed by atoms with van der Waals surface area (Å²) in [6, 6.07) is 1.85. The molecule has 0 amide bonds. The van der Waals surface area contributed by atoms with Crippen LogP contribution in [0.3, 0.4) is 0 Å². The summed E-state index contributed by atoms with van der Waals surface area (Å²) in [7, 11) is 0. The van der Waals surface area contributed by atoms with Crippen molar-refractivity contribution in [3.05, 3.63) is 17.7 Å². The number of nitrogens with zero attached hydrogens (tertiary/aromatic N) is 3. The van der Waals surface area contributed by atoms with Gasteiger partial charge in [-0.3, -0.25) is 5.10 Å². The van der Waals surface area contributed by atoms with Crippen LogP contribution in [-0.4, -0.2) is 20.4 Å². The first-order chi connectivity index (χ1) is 5.75. The van der Waals surface area contributed by atoms with E-state index in [1.807, 2.05) is 13.0 Å². The molecule has 2 heterocycles. The lowest BCUT2D eigenvalue weighted by Gasteiger charge is -1.81. The summed E-state index contributed by atoms with van der Waals surface area (Å²) >= 11 is 0. The lowest BCUT2D eigenvalue weighted by molar-refractivity contribution is 0.531. The van der Waals surface area contributed by atoms with Crippen LogP contribution in [0.15, 0.2) is 10.5 Å². The summed E-state index contributed by atoms with van der Waals surface area (Å²) in [5, 5.41) is 14.3. The molecule has 0 radical (unpaired) electrons. The molecule has 0 aliphatic rings. The molecule has 0 aliphatic carbocycles. The minimum atomic E-state index is 0.455. The van der Waals surface area contributed by atoms with Crippen molar-refractivity contribution in [2.24, 2.45) is 0 Å². The topological polar surface area (TPSA) is 67.6 Å². The van der Waals surface area contributed by atoms with Gasteiger partial charge in [0, 0.05) is 12.6 Å². The van der Waals surface area contributed by atoms with Crippen LogP contribution in [0.2, 0.25) is 0 Å². The van der Waals surface area contributed by atoms with Crippen LogP contribution < -0.4 is 0 Å². The van der Waals surface area contributed by atoms with Crippen molar-refractivity contribution in [1.82, 2.24) is 20.4 Å². The Labute approximate surface area is 68.8 Å². The van der Waals surface area contributed by atoms with Crippen molar-refractivity contribution in [2.45, 2.75) is 13.8 Å². The Hall–Kier alpha value is -1.65. The second-order valence-electron chi connectivity index (χ2n) is 2.56. The van der Waals surface area contributed by atoms with E-state index in [0.29, 0.717) is 17.5 Å². The number of aromatic nitrogens is 4. The number of aromatic amines is 1. The molecule has 0 spiro atoms. The van der Waals surface area contributed by atoms with Gasteiger partial charge < -0.3 is 4.42 Å². The highest BCUT2D eigenvalue weighted by atomic mass is 16.4. The summed E-state index contributed by atoms with van der Waals surface area (Å²) in [5.74, 6) is 1.00. The summed E-state index contributed by atoms with van der Waals surface area (Å²) < 4.78 is 5.18. The van der Waals surface area contributed by atoms with Gasteiger partial charge in [0.05, 0.1) is 0 Å². The lowest BCUT2D eigenvalue weighted by Crippen LogP contribution is -1.76. The molecular weight excluding hydrogens is 156 g/mol. The average molecular weight is 164 g/mol. The van der Waals surface area contributed by atoms with Gasteiger partial charge >= 0.3 is 0 Å². The third-order valence-corrected chi connectivity index (χ3v) is 1.45. The minimum absolute atomic E-state index is 0.455. The second kappa shape index (κ2) is 2.44. The molecule has 2 aromatic heterocycles. The van der Waals surface area contributed by atoms with Crippen molar-refractivity contribution in [1.29, 1.82) is 0 Å². The quantitative estimate of drug-likeness (QED) is 0.684. The molecule has 2 rings (SSSR count). The van der Waals surface area contributed by atoms with Gasteiger partial charge in [-0.25, -0.2) is 0 Å². The molecule has 1 N–H and O–H groups in total. The van der Waals surface area contributed by atoms with Crippen LogP contribution in [0.4, 0.5) is 0 Å². The summed E-state index contributed by atoms with van der Waals surface area (Å²) in [6.45, 7) is 3.66. The number of hydrogen-bond acceptors (Lipinski definition) is 4. The molecule has 0 unspecified atom stereocenters. The number of H-pyrrole nitrogens is 1. The zero-order valence-electron chi connectivity index (χ0n) is 6.83. The Morgan fingerprint density at radius 2 is 2.17 bits per heavy atom. The fourth-order valence-corrected chi connectivity index (χ4v) is 0.928. The normalized spacial score (nSPS) is 10.5. The summed E-state index contributed by atoms with van der Waals surface area (Å²) in [6.07, 6.45) is 0. The van der Waals surface area contributed by atoms with E-state index < -0.39 is 0 Å². The second-order valence-corrected chi connectivity index (χ2v) is 2.56. The molecule has 0 atom stereocenters. The van der Waals surface area contributed by atoms with Crippen molar-refractivity contribution in [3.8, 4) is 11.6 Å². The first kappa shape index (κ1) is 7.02. The first-order valence-corrected chi connectivity index (χ1v) is 3.58. The highest BCUT2D eigenvalue weighted by Gasteiger charge is 2.07. The molecule has 0 aliphatic heterocycles. The lowest BCUT2D eigenvalue weighted by atomic mass is 10.4. The Kier molecular flexibility index (Phi) is 1.43. The smallest absolute Gasteiger partial charge is 0.268 e. The van der Waals surface area contributed by atoms with Crippen LogP contribution in [0.5, 0.6) is 0 Å². The highest BCUT2D eigenvalue weighted by Crippen LogP contribution is 2.14. The molecule has 0 saturated carbocycles. The average Bonchev–Trinajstić information content (AvgIpc) is 2.58. The Morgan fingerprint density at radius 3 is 2.67 bits per heavy atom. The molecule has 0 aromatic carbocycles. The van der Waals surface area contributed by atoms with Gasteiger partial charge in [-0.05, 0) is 13.0 Å². The van der Waals surface area contributed by atoms with E-state index in [0.717, 1.165) is 5.69 Å². The maximum absolute atomic E-state index is 5.18. The molecule has 0 saturated heterocycles. The van der Waals surface area contributed by atoms with Crippen LogP contribution in [0, 0.1) is 13.8 Å². The molecule has 62 valence electrons. The van der Waals surface area contributed by atoms with Crippen LogP contribution in [0.1, 0.15) is 11.6 Å². The molecule has 0 bridgehead atoms. The maximum atomic E-state index is 5.18. The van der Waals surface area contributed by atoms with Crippen LogP contribution in [-0.2, 0) is 0 Å². The Bertz CT molecular complexity index is 351. The van der Waals surface area contributed by atoms with E-state index >= 15 is 0 Å². The van der Waals surface area contributed by atoms with Crippen molar-refractivity contribution in [2.75, 3.05) is 0 Å². The minimum Gasteiger partial charge on any atom is -0.420 e. The molecular formula is C7H8N4O. The fourth-order valence-electron chi connectivity index (χ4n) is 0.928. The van der Waals surface area contributed by atoms with E-state index in [1.54, 1.807) is 6.92 Å². The largest absolute Gasteiger partial charge is 0.420 e. The SMILES string of the molecule is Cc1cc(-c2nnc(C)o2)n[nH]1. The number of hydrogen-bond donors (Lipinski definition) is 1. The van der Waals surface area contributed by atoms with E-state index in [1.165, 1.54) is 0 Å². The van der Waals surface area contributed by atoms with Gasteiger partial charge in [0.1, 0.15) is 5.69 Å². The van der Waals surface area contributed by atoms with E-state index in [2.05, 4.69) is 20.4 Å². The summed E-state index contributed by atoms with van der Waals surface area (Å²) in [4.78, 5) is 0. The molecule has 2 aromatic rings. The Morgan fingerprint density at radius 1 is 1.33 bits per heavy atom. The van der Waals surface area contributed by atoms with Gasteiger partial charge in [-0.1, -0.05) is 0 Å². The van der Waals surface area contributed by atoms with Gasteiger partial charge in [0.15, 0.2) is 0 Å².